The number of halogens is 1. The molecule has 0 saturated carbocycles. The Bertz CT molecular complexity index is 652. The zero-order valence-electron chi connectivity index (χ0n) is 10.1. The molecule has 1 aliphatic heterocycles. The van der Waals surface area contributed by atoms with Gasteiger partial charge in [0.2, 0.25) is 21.8 Å². The standard InChI is InChI=1S/C10H11BrN2O4S2/c1-5-7(4-8(11)18-5)19(16,17)12-6-3-9(14)13(2)10(6)15/h4,6,12H,3H2,1-2H3. The van der Waals surface area contributed by atoms with Crippen LogP contribution >= 0.6 is 27.3 Å². The molecule has 19 heavy (non-hydrogen) atoms. The Hall–Kier alpha value is -0.770. The molecule has 0 spiro atoms. The lowest BCUT2D eigenvalue weighted by Gasteiger charge is -2.11. The van der Waals surface area contributed by atoms with Gasteiger partial charge in [-0.1, -0.05) is 0 Å². The van der Waals surface area contributed by atoms with Crippen molar-refractivity contribution in [1.82, 2.24) is 9.62 Å². The lowest BCUT2D eigenvalue weighted by molar-refractivity contribution is -0.137. The molecule has 1 atom stereocenters. The summed E-state index contributed by atoms with van der Waals surface area (Å²) in [6.07, 6.45) is -0.140. The molecule has 2 heterocycles. The van der Waals surface area contributed by atoms with E-state index in [1.165, 1.54) is 24.5 Å². The van der Waals surface area contributed by atoms with E-state index >= 15 is 0 Å². The second-order valence-corrected chi connectivity index (χ2v) is 8.46. The van der Waals surface area contributed by atoms with Crippen molar-refractivity contribution in [2.75, 3.05) is 7.05 Å². The largest absolute Gasteiger partial charge is 0.284 e. The van der Waals surface area contributed by atoms with Crippen LogP contribution in [0.1, 0.15) is 11.3 Å². The molecule has 104 valence electrons. The highest BCUT2D eigenvalue weighted by molar-refractivity contribution is 9.11. The number of carbonyl (C=O) groups is 2. The van der Waals surface area contributed by atoms with Gasteiger partial charge in [-0.15, -0.1) is 11.3 Å². The number of imide groups is 1. The molecule has 1 unspecified atom stereocenters. The van der Waals surface area contributed by atoms with Gasteiger partial charge in [0.1, 0.15) is 6.04 Å². The van der Waals surface area contributed by atoms with E-state index in [0.717, 1.165) is 4.90 Å². The SMILES string of the molecule is Cc1sc(Br)cc1S(=O)(=O)NC1CC(=O)N(C)C1=O. The minimum absolute atomic E-state index is 0.124. The Morgan fingerprint density at radius 2 is 2.11 bits per heavy atom. The van der Waals surface area contributed by atoms with Gasteiger partial charge in [-0.25, -0.2) is 8.42 Å². The molecule has 1 N–H and O–H groups in total. The minimum Gasteiger partial charge on any atom is -0.284 e. The minimum atomic E-state index is -3.80. The van der Waals surface area contributed by atoms with E-state index in [2.05, 4.69) is 20.7 Å². The van der Waals surface area contributed by atoms with Crippen molar-refractivity contribution in [1.29, 1.82) is 0 Å². The average molecular weight is 367 g/mol. The van der Waals surface area contributed by atoms with Crippen LogP contribution in [-0.2, 0) is 19.6 Å². The fourth-order valence-electron chi connectivity index (χ4n) is 1.80. The Kier molecular flexibility index (Phi) is 3.83. The van der Waals surface area contributed by atoms with Crippen LogP contribution in [0.5, 0.6) is 0 Å². The molecule has 1 aliphatic rings. The topological polar surface area (TPSA) is 83.6 Å². The van der Waals surface area contributed by atoms with Gasteiger partial charge in [0.25, 0.3) is 0 Å². The number of hydrogen-bond acceptors (Lipinski definition) is 5. The maximum absolute atomic E-state index is 12.2. The zero-order chi connectivity index (χ0) is 14.4. The number of nitrogens with zero attached hydrogens (tertiary/aromatic N) is 1. The van der Waals surface area contributed by atoms with Gasteiger partial charge in [0.15, 0.2) is 0 Å². The van der Waals surface area contributed by atoms with Gasteiger partial charge in [-0.3, -0.25) is 14.5 Å². The average Bonchev–Trinajstić information content (AvgIpc) is 2.75. The van der Waals surface area contributed by atoms with Gasteiger partial charge in [-0.05, 0) is 28.9 Å². The van der Waals surface area contributed by atoms with Crippen LogP contribution in [0.25, 0.3) is 0 Å². The third-order valence-electron chi connectivity index (χ3n) is 2.81. The number of sulfonamides is 1. The van der Waals surface area contributed by atoms with Crippen molar-refractivity contribution in [2.24, 2.45) is 0 Å². The maximum atomic E-state index is 12.2. The molecule has 0 bridgehead atoms. The van der Waals surface area contributed by atoms with Crippen LogP contribution in [0.2, 0.25) is 0 Å². The van der Waals surface area contributed by atoms with Crippen LogP contribution in [-0.4, -0.2) is 38.2 Å². The van der Waals surface area contributed by atoms with E-state index in [0.29, 0.717) is 8.66 Å². The van der Waals surface area contributed by atoms with Crippen molar-refractivity contribution in [3.63, 3.8) is 0 Å². The van der Waals surface area contributed by atoms with Crippen molar-refractivity contribution in [3.8, 4) is 0 Å². The summed E-state index contributed by atoms with van der Waals surface area (Å²) >= 11 is 4.51. The van der Waals surface area contributed by atoms with Crippen molar-refractivity contribution in [3.05, 3.63) is 14.7 Å². The summed E-state index contributed by atoms with van der Waals surface area (Å²) in [4.78, 5) is 24.7. The molecule has 2 amide bonds. The number of likely N-dealkylation sites (N-methyl/N-ethyl adjacent to an activating group) is 1. The second-order valence-electron chi connectivity index (χ2n) is 4.14. The summed E-state index contributed by atoms with van der Waals surface area (Å²) in [6.45, 7) is 1.68. The first-order valence-electron chi connectivity index (χ1n) is 5.31. The first-order valence-corrected chi connectivity index (χ1v) is 8.40. The summed E-state index contributed by atoms with van der Waals surface area (Å²) in [5.74, 6) is -0.915. The highest BCUT2D eigenvalue weighted by atomic mass is 79.9. The van der Waals surface area contributed by atoms with Gasteiger partial charge >= 0.3 is 0 Å². The van der Waals surface area contributed by atoms with Gasteiger partial charge < -0.3 is 0 Å². The maximum Gasteiger partial charge on any atom is 0.247 e. The zero-order valence-corrected chi connectivity index (χ0v) is 13.4. The predicted octanol–water partition coefficient (Wildman–Crippen LogP) is 0.855. The van der Waals surface area contributed by atoms with E-state index in [9.17, 15) is 18.0 Å². The molecule has 2 rings (SSSR count). The Morgan fingerprint density at radius 1 is 1.47 bits per heavy atom. The molecule has 1 aromatic heterocycles. The molecule has 6 nitrogen and oxygen atoms in total. The van der Waals surface area contributed by atoms with Gasteiger partial charge in [0.05, 0.1) is 15.1 Å². The summed E-state index contributed by atoms with van der Waals surface area (Å²) in [5.41, 5.74) is 0. The second kappa shape index (κ2) is 4.97. The van der Waals surface area contributed by atoms with Crippen LogP contribution in [0, 0.1) is 6.92 Å². The van der Waals surface area contributed by atoms with Gasteiger partial charge in [-0.2, -0.15) is 4.72 Å². The summed E-state index contributed by atoms with van der Waals surface area (Å²) in [6, 6.07) is 0.466. The molecule has 0 aromatic carbocycles. The number of rotatable bonds is 3. The number of amides is 2. The first-order chi connectivity index (χ1) is 8.72. The molecule has 0 aliphatic carbocycles. The van der Waals surface area contributed by atoms with Crippen LogP contribution in [0.15, 0.2) is 14.7 Å². The van der Waals surface area contributed by atoms with E-state index in [-0.39, 0.29) is 17.2 Å². The summed E-state index contributed by atoms with van der Waals surface area (Å²) in [5, 5.41) is 0. The summed E-state index contributed by atoms with van der Waals surface area (Å²) < 4.78 is 27.3. The number of hydrogen-bond donors (Lipinski definition) is 1. The van der Waals surface area contributed by atoms with E-state index in [1.54, 1.807) is 6.92 Å². The van der Waals surface area contributed by atoms with Gasteiger partial charge in [0, 0.05) is 11.9 Å². The Morgan fingerprint density at radius 3 is 2.53 bits per heavy atom. The van der Waals surface area contributed by atoms with Crippen LogP contribution in [0.4, 0.5) is 0 Å². The normalized spacial score (nSPS) is 20.4. The van der Waals surface area contributed by atoms with E-state index < -0.39 is 22.0 Å². The molecular weight excluding hydrogens is 356 g/mol. The Balaban J connectivity index is 2.26. The lowest BCUT2D eigenvalue weighted by atomic mass is 10.3. The molecule has 0 radical (unpaired) electrons. The predicted molar refractivity (Wildman–Crippen MR) is 73.3 cm³/mol. The number of likely N-dealkylation sites (tertiary alicyclic amines) is 1. The first kappa shape index (κ1) is 14.6. The smallest absolute Gasteiger partial charge is 0.247 e. The van der Waals surface area contributed by atoms with E-state index in [1.807, 2.05) is 0 Å². The molecule has 1 fully saturated rings. The Labute approximate surface area is 123 Å². The summed E-state index contributed by atoms with van der Waals surface area (Å²) in [7, 11) is -2.46. The molecular formula is C10H11BrN2O4S2. The van der Waals surface area contributed by atoms with E-state index in [4.69, 9.17) is 0 Å². The lowest BCUT2D eigenvalue weighted by Crippen LogP contribution is -2.40. The number of thiophene rings is 1. The monoisotopic (exact) mass is 366 g/mol. The highest BCUT2D eigenvalue weighted by Gasteiger charge is 2.39. The quantitative estimate of drug-likeness (QED) is 0.803. The van der Waals surface area contributed by atoms with Crippen LogP contribution in [0.3, 0.4) is 0 Å². The number of nitrogens with one attached hydrogen (secondary N) is 1. The van der Waals surface area contributed by atoms with Crippen molar-refractivity contribution in [2.45, 2.75) is 24.3 Å². The molecule has 9 heteroatoms. The molecule has 1 aromatic rings. The highest BCUT2D eigenvalue weighted by Crippen LogP contribution is 2.30. The third-order valence-corrected chi connectivity index (χ3v) is 6.09. The molecule has 1 saturated heterocycles. The fourth-order valence-corrected chi connectivity index (χ4v) is 5.40. The van der Waals surface area contributed by atoms with Crippen molar-refractivity contribution >= 4 is 49.1 Å². The number of aryl methyl sites for hydroxylation is 1. The van der Waals surface area contributed by atoms with Crippen LogP contribution < -0.4 is 4.72 Å². The fraction of sp³-hybridized carbons (Fsp3) is 0.400. The third kappa shape index (κ3) is 2.73. The van der Waals surface area contributed by atoms with Crippen molar-refractivity contribution < 1.29 is 18.0 Å². The number of carbonyl (C=O) groups excluding carboxylic acids is 2.